The number of hydrogen-bond donors (Lipinski definition) is 1. The van der Waals surface area contributed by atoms with Crippen LogP contribution in [0.2, 0.25) is 0 Å². The van der Waals surface area contributed by atoms with Crippen LogP contribution in [0.1, 0.15) is 12.0 Å². The summed E-state index contributed by atoms with van der Waals surface area (Å²) in [5.74, 6) is 0.391. The summed E-state index contributed by atoms with van der Waals surface area (Å²) in [6.07, 6.45) is 9.04. The monoisotopic (exact) mass is 370 g/mol. The van der Waals surface area contributed by atoms with Crippen molar-refractivity contribution >= 4 is 26.6 Å². The number of aromatic nitrogens is 3. The molecule has 0 unspecified atom stereocenters. The molecule has 0 aliphatic carbocycles. The van der Waals surface area contributed by atoms with Crippen LogP contribution < -0.4 is 10.1 Å². The van der Waals surface area contributed by atoms with Crippen molar-refractivity contribution < 1.29 is 13.2 Å². The van der Waals surface area contributed by atoms with E-state index in [2.05, 4.69) is 21.4 Å². The van der Waals surface area contributed by atoms with Gasteiger partial charge in [-0.05, 0) is 30.7 Å². The van der Waals surface area contributed by atoms with Crippen molar-refractivity contribution in [1.82, 2.24) is 19.3 Å². The summed E-state index contributed by atoms with van der Waals surface area (Å²) in [4.78, 5) is 8.47. The summed E-state index contributed by atoms with van der Waals surface area (Å²) in [6, 6.07) is 4.96. The Hall–Kier alpha value is -2.71. The van der Waals surface area contributed by atoms with E-state index in [4.69, 9.17) is 4.74 Å². The van der Waals surface area contributed by atoms with E-state index >= 15 is 0 Å². The van der Waals surface area contributed by atoms with Gasteiger partial charge >= 0.3 is 0 Å². The van der Waals surface area contributed by atoms with Crippen molar-refractivity contribution in [3.63, 3.8) is 0 Å². The molecule has 134 valence electrons. The molecule has 1 aliphatic heterocycles. The average Bonchev–Trinajstić information content (AvgIpc) is 3.09. The molecule has 8 heteroatoms. The number of ether oxygens (including phenoxy) is 1. The van der Waals surface area contributed by atoms with Gasteiger partial charge in [-0.1, -0.05) is 6.08 Å². The molecule has 0 radical (unpaired) electrons. The maximum absolute atomic E-state index is 13.2. The van der Waals surface area contributed by atoms with Crippen LogP contribution in [0.25, 0.3) is 16.6 Å². The summed E-state index contributed by atoms with van der Waals surface area (Å²) in [7, 11) is -2.35. The lowest BCUT2D eigenvalue weighted by Crippen LogP contribution is -2.20. The van der Waals surface area contributed by atoms with E-state index in [1.807, 2.05) is 0 Å². The highest BCUT2D eigenvalue weighted by Crippen LogP contribution is 2.31. The minimum Gasteiger partial charge on any atom is -0.495 e. The number of nitrogens with one attached hydrogen (secondary N) is 1. The smallest absolute Gasteiger partial charge is 0.269 e. The molecule has 0 aromatic carbocycles. The minimum atomic E-state index is -3.82. The SMILES string of the molecule is COc1cncc(S(=O)(=O)n2cc(C3=CCNCC3)c3ncccc32)c1. The molecule has 0 saturated heterocycles. The summed E-state index contributed by atoms with van der Waals surface area (Å²) >= 11 is 0. The molecule has 1 aliphatic rings. The van der Waals surface area contributed by atoms with Gasteiger partial charge in [0.15, 0.2) is 0 Å². The molecule has 0 spiro atoms. The first-order valence-corrected chi connectivity index (χ1v) is 9.66. The predicted molar refractivity (Wildman–Crippen MR) is 98.6 cm³/mol. The zero-order valence-corrected chi connectivity index (χ0v) is 15.0. The van der Waals surface area contributed by atoms with Gasteiger partial charge in [0.1, 0.15) is 10.6 Å². The van der Waals surface area contributed by atoms with Gasteiger partial charge in [0.25, 0.3) is 10.0 Å². The van der Waals surface area contributed by atoms with Crippen LogP contribution in [0.15, 0.2) is 54.0 Å². The molecule has 3 aromatic rings. The van der Waals surface area contributed by atoms with Crippen molar-refractivity contribution in [2.75, 3.05) is 20.2 Å². The Kier molecular flexibility index (Phi) is 4.21. The molecular weight excluding hydrogens is 352 g/mol. The second kappa shape index (κ2) is 6.54. The second-order valence-corrected chi connectivity index (χ2v) is 7.77. The van der Waals surface area contributed by atoms with E-state index < -0.39 is 10.0 Å². The highest BCUT2D eigenvalue weighted by atomic mass is 32.2. The van der Waals surface area contributed by atoms with Gasteiger partial charge in [0.2, 0.25) is 0 Å². The Balaban J connectivity index is 1.92. The second-order valence-electron chi connectivity index (χ2n) is 5.96. The van der Waals surface area contributed by atoms with E-state index in [0.29, 0.717) is 16.8 Å². The Labute approximate surface area is 151 Å². The summed E-state index contributed by atoms with van der Waals surface area (Å²) in [6.45, 7) is 1.62. The highest BCUT2D eigenvalue weighted by Gasteiger charge is 2.24. The van der Waals surface area contributed by atoms with Crippen LogP contribution in [0.5, 0.6) is 5.75 Å². The first-order chi connectivity index (χ1) is 12.6. The fourth-order valence-electron chi connectivity index (χ4n) is 3.10. The number of rotatable bonds is 4. The van der Waals surface area contributed by atoms with Gasteiger partial charge in [0.05, 0.1) is 24.3 Å². The third-order valence-corrected chi connectivity index (χ3v) is 6.05. The first kappa shape index (κ1) is 16.7. The van der Waals surface area contributed by atoms with Gasteiger partial charge < -0.3 is 10.1 Å². The standard InChI is InChI=1S/C18H18N4O3S/c1-25-14-9-15(11-20-10-14)26(23,24)22-12-16(13-4-7-19-8-5-13)18-17(22)3-2-6-21-18/h2-4,6,9-12,19H,5,7-8H2,1H3. The van der Waals surface area contributed by atoms with E-state index in [0.717, 1.165) is 30.6 Å². The summed E-state index contributed by atoms with van der Waals surface area (Å²) < 4.78 is 32.8. The van der Waals surface area contributed by atoms with Crippen molar-refractivity contribution in [3.05, 3.63) is 54.6 Å². The van der Waals surface area contributed by atoms with Crippen LogP contribution in [-0.2, 0) is 10.0 Å². The van der Waals surface area contributed by atoms with Crippen LogP contribution in [0.3, 0.4) is 0 Å². The third kappa shape index (κ3) is 2.77. The quantitative estimate of drug-likeness (QED) is 0.756. The third-order valence-electron chi connectivity index (χ3n) is 4.42. The number of pyridine rings is 2. The Morgan fingerprint density at radius 1 is 1.31 bits per heavy atom. The Morgan fingerprint density at radius 3 is 2.96 bits per heavy atom. The fraction of sp³-hybridized carbons (Fsp3) is 0.222. The Bertz CT molecular complexity index is 1100. The molecule has 0 bridgehead atoms. The van der Waals surface area contributed by atoms with Gasteiger partial charge in [0, 0.05) is 36.8 Å². The molecule has 7 nitrogen and oxygen atoms in total. The molecule has 26 heavy (non-hydrogen) atoms. The molecule has 3 aromatic heterocycles. The maximum Gasteiger partial charge on any atom is 0.269 e. The lowest BCUT2D eigenvalue weighted by atomic mass is 10.0. The largest absolute Gasteiger partial charge is 0.495 e. The molecule has 1 N–H and O–H groups in total. The maximum atomic E-state index is 13.2. The number of methoxy groups -OCH3 is 1. The van der Waals surface area contributed by atoms with Gasteiger partial charge in [-0.2, -0.15) is 0 Å². The predicted octanol–water partition coefficient (Wildman–Crippen LogP) is 2.05. The molecule has 4 rings (SSSR count). The zero-order valence-electron chi connectivity index (χ0n) is 14.2. The normalized spacial score (nSPS) is 15.0. The van der Waals surface area contributed by atoms with Gasteiger partial charge in [-0.15, -0.1) is 0 Å². The zero-order chi connectivity index (χ0) is 18.1. The van der Waals surface area contributed by atoms with Crippen molar-refractivity contribution in [2.45, 2.75) is 11.3 Å². The molecular formula is C18H18N4O3S. The average molecular weight is 370 g/mol. The molecule has 0 amide bonds. The fourth-order valence-corrected chi connectivity index (χ4v) is 4.43. The molecule has 0 fully saturated rings. The van der Waals surface area contributed by atoms with E-state index in [9.17, 15) is 8.42 Å². The minimum absolute atomic E-state index is 0.0726. The Morgan fingerprint density at radius 2 is 2.19 bits per heavy atom. The number of fused-ring (bicyclic) bond motifs is 1. The van der Waals surface area contributed by atoms with Crippen molar-refractivity contribution in [3.8, 4) is 5.75 Å². The van der Waals surface area contributed by atoms with E-state index in [1.165, 1.54) is 29.5 Å². The van der Waals surface area contributed by atoms with E-state index in [-0.39, 0.29) is 4.90 Å². The molecule has 0 saturated carbocycles. The number of hydrogen-bond acceptors (Lipinski definition) is 6. The number of nitrogens with zero attached hydrogens (tertiary/aromatic N) is 3. The van der Waals surface area contributed by atoms with Crippen LogP contribution in [0, 0.1) is 0 Å². The van der Waals surface area contributed by atoms with Crippen LogP contribution in [0.4, 0.5) is 0 Å². The lowest BCUT2D eigenvalue weighted by molar-refractivity contribution is 0.411. The molecule has 4 heterocycles. The van der Waals surface area contributed by atoms with Crippen molar-refractivity contribution in [2.24, 2.45) is 0 Å². The highest BCUT2D eigenvalue weighted by molar-refractivity contribution is 7.90. The molecule has 0 atom stereocenters. The topological polar surface area (TPSA) is 86.1 Å². The van der Waals surface area contributed by atoms with Crippen molar-refractivity contribution in [1.29, 1.82) is 0 Å². The van der Waals surface area contributed by atoms with Gasteiger partial charge in [-0.25, -0.2) is 12.4 Å². The first-order valence-electron chi connectivity index (χ1n) is 8.22. The summed E-state index contributed by atoms with van der Waals surface area (Å²) in [5.41, 5.74) is 3.18. The van der Waals surface area contributed by atoms with Gasteiger partial charge in [-0.3, -0.25) is 9.97 Å². The van der Waals surface area contributed by atoms with Crippen LogP contribution in [-0.4, -0.2) is 42.6 Å². The van der Waals surface area contributed by atoms with Crippen LogP contribution >= 0.6 is 0 Å². The lowest BCUT2D eigenvalue weighted by Gasteiger charge is -2.12. The summed E-state index contributed by atoms with van der Waals surface area (Å²) in [5, 5.41) is 3.26. The van der Waals surface area contributed by atoms with E-state index in [1.54, 1.807) is 24.5 Å².